The summed E-state index contributed by atoms with van der Waals surface area (Å²) in [4.78, 5) is 22.4. The van der Waals surface area contributed by atoms with Gasteiger partial charge in [0, 0.05) is 17.3 Å². The van der Waals surface area contributed by atoms with E-state index in [1.54, 1.807) is 50.2 Å². The summed E-state index contributed by atoms with van der Waals surface area (Å²) in [6.07, 6.45) is 0. The third kappa shape index (κ3) is 4.30. The highest BCUT2D eigenvalue weighted by atomic mass is 16.6. The minimum atomic E-state index is -1.22. The number of aliphatic hydroxyl groups is 1. The Balaban J connectivity index is 1.99. The normalized spacial score (nSPS) is 13.0. The zero-order valence-corrected chi connectivity index (χ0v) is 13.4. The standard InChI is InChI=1S/C17H19N3O4/c1-12-8-9-14(10-15(12)20(23)24)19-16(21)18-11-17(2,22)13-6-4-3-5-7-13/h3-10,22H,11H2,1-2H3,(H2,18,19,21). The predicted octanol–water partition coefficient (Wildman–Crippen LogP) is 2.93. The van der Waals surface area contributed by atoms with Crippen LogP contribution in [0.5, 0.6) is 0 Å². The number of carbonyl (C=O) groups is 1. The number of rotatable bonds is 5. The van der Waals surface area contributed by atoms with Crippen LogP contribution < -0.4 is 10.6 Å². The van der Waals surface area contributed by atoms with Crippen LogP contribution in [0, 0.1) is 17.0 Å². The molecular formula is C17H19N3O4. The van der Waals surface area contributed by atoms with E-state index in [9.17, 15) is 20.0 Å². The first-order chi connectivity index (χ1) is 11.3. The molecule has 24 heavy (non-hydrogen) atoms. The first-order valence-electron chi connectivity index (χ1n) is 7.37. The number of nitro benzene ring substituents is 1. The van der Waals surface area contributed by atoms with Crippen molar-refractivity contribution >= 4 is 17.4 Å². The second-order valence-electron chi connectivity index (χ2n) is 5.71. The van der Waals surface area contributed by atoms with Crippen molar-refractivity contribution in [3.8, 4) is 0 Å². The lowest BCUT2D eigenvalue weighted by Crippen LogP contribution is -2.40. The predicted molar refractivity (Wildman–Crippen MR) is 90.9 cm³/mol. The SMILES string of the molecule is Cc1ccc(NC(=O)NCC(C)(O)c2ccccc2)cc1[N+](=O)[O-]. The van der Waals surface area contributed by atoms with Crippen LogP contribution in [0.15, 0.2) is 48.5 Å². The van der Waals surface area contributed by atoms with Crippen molar-refractivity contribution in [2.24, 2.45) is 0 Å². The fraction of sp³-hybridized carbons (Fsp3) is 0.235. The molecule has 0 saturated heterocycles. The number of urea groups is 1. The van der Waals surface area contributed by atoms with Gasteiger partial charge in [-0.05, 0) is 25.5 Å². The van der Waals surface area contributed by atoms with E-state index < -0.39 is 16.6 Å². The quantitative estimate of drug-likeness (QED) is 0.579. The largest absolute Gasteiger partial charge is 0.384 e. The van der Waals surface area contributed by atoms with Gasteiger partial charge >= 0.3 is 6.03 Å². The van der Waals surface area contributed by atoms with Gasteiger partial charge in [0.15, 0.2) is 0 Å². The molecule has 0 radical (unpaired) electrons. The van der Waals surface area contributed by atoms with Crippen LogP contribution in [0.2, 0.25) is 0 Å². The van der Waals surface area contributed by atoms with Crippen LogP contribution in [-0.4, -0.2) is 22.6 Å². The highest BCUT2D eigenvalue weighted by Gasteiger charge is 2.23. The summed E-state index contributed by atoms with van der Waals surface area (Å²) in [6, 6.07) is 12.9. The first-order valence-corrected chi connectivity index (χ1v) is 7.37. The highest BCUT2D eigenvalue weighted by molar-refractivity contribution is 5.89. The third-order valence-corrected chi connectivity index (χ3v) is 3.65. The van der Waals surface area contributed by atoms with Crippen molar-refractivity contribution in [2.45, 2.75) is 19.4 Å². The molecule has 1 unspecified atom stereocenters. The maximum atomic E-state index is 12.0. The first kappa shape index (κ1) is 17.4. The molecule has 7 nitrogen and oxygen atoms in total. The molecule has 0 bridgehead atoms. The Kier molecular flexibility index (Phi) is 5.15. The zero-order valence-electron chi connectivity index (χ0n) is 13.4. The van der Waals surface area contributed by atoms with Gasteiger partial charge in [-0.25, -0.2) is 4.79 Å². The van der Waals surface area contributed by atoms with E-state index in [1.165, 1.54) is 6.07 Å². The van der Waals surface area contributed by atoms with Crippen LogP contribution in [0.3, 0.4) is 0 Å². The van der Waals surface area contributed by atoms with Gasteiger partial charge in [0.2, 0.25) is 0 Å². The average Bonchev–Trinajstić information content (AvgIpc) is 2.55. The zero-order chi connectivity index (χ0) is 17.7. The summed E-state index contributed by atoms with van der Waals surface area (Å²) in [5.41, 5.74) is 0.209. The molecule has 0 fully saturated rings. The minimum Gasteiger partial charge on any atom is -0.384 e. The number of nitrogens with zero attached hydrogens (tertiary/aromatic N) is 1. The van der Waals surface area contributed by atoms with E-state index in [4.69, 9.17) is 0 Å². The van der Waals surface area contributed by atoms with Gasteiger partial charge in [0.1, 0.15) is 5.60 Å². The van der Waals surface area contributed by atoms with Gasteiger partial charge in [0.25, 0.3) is 5.69 Å². The van der Waals surface area contributed by atoms with Gasteiger partial charge in [-0.15, -0.1) is 0 Å². The Bertz CT molecular complexity index is 745. The van der Waals surface area contributed by atoms with E-state index in [0.29, 0.717) is 16.8 Å². The maximum Gasteiger partial charge on any atom is 0.319 e. The second-order valence-corrected chi connectivity index (χ2v) is 5.71. The van der Waals surface area contributed by atoms with E-state index in [2.05, 4.69) is 10.6 Å². The van der Waals surface area contributed by atoms with Gasteiger partial charge < -0.3 is 15.7 Å². The number of amides is 2. The van der Waals surface area contributed by atoms with E-state index in [1.807, 2.05) is 6.07 Å². The highest BCUT2D eigenvalue weighted by Crippen LogP contribution is 2.22. The van der Waals surface area contributed by atoms with E-state index >= 15 is 0 Å². The minimum absolute atomic E-state index is 0.00317. The Morgan fingerprint density at radius 1 is 1.25 bits per heavy atom. The van der Waals surface area contributed by atoms with Crippen molar-refractivity contribution < 1.29 is 14.8 Å². The molecule has 2 rings (SSSR count). The Labute approximate surface area is 139 Å². The van der Waals surface area contributed by atoms with Crippen molar-refractivity contribution in [1.82, 2.24) is 5.32 Å². The monoisotopic (exact) mass is 329 g/mol. The van der Waals surface area contributed by atoms with Crippen LogP contribution in [0.25, 0.3) is 0 Å². The molecule has 0 saturated carbocycles. The van der Waals surface area contributed by atoms with Crippen LogP contribution in [0.4, 0.5) is 16.2 Å². The summed E-state index contributed by atoms with van der Waals surface area (Å²) in [5.74, 6) is 0. The lowest BCUT2D eigenvalue weighted by atomic mass is 9.96. The number of hydrogen-bond acceptors (Lipinski definition) is 4. The molecule has 7 heteroatoms. The smallest absolute Gasteiger partial charge is 0.319 e. The Hall–Kier alpha value is -2.93. The fourth-order valence-corrected chi connectivity index (χ4v) is 2.21. The Morgan fingerprint density at radius 2 is 1.92 bits per heavy atom. The number of benzene rings is 2. The molecule has 0 aromatic heterocycles. The van der Waals surface area contributed by atoms with E-state index in [-0.39, 0.29) is 12.2 Å². The van der Waals surface area contributed by atoms with Crippen LogP contribution >= 0.6 is 0 Å². The molecule has 0 heterocycles. The molecule has 3 N–H and O–H groups in total. The summed E-state index contributed by atoms with van der Waals surface area (Å²) in [5, 5.41) is 26.4. The number of hydrogen-bond donors (Lipinski definition) is 3. The Morgan fingerprint density at radius 3 is 2.54 bits per heavy atom. The van der Waals surface area contributed by atoms with Crippen LogP contribution in [0.1, 0.15) is 18.1 Å². The second kappa shape index (κ2) is 7.10. The molecule has 2 aromatic carbocycles. The van der Waals surface area contributed by atoms with Gasteiger partial charge in [-0.3, -0.25) is 10.1 Å². The number of anilines is 1. The molecule has 126 valence electrons. The van der Waals surface area contributed by atoms with Gasteiger partial charge in [0.05, 0.1) is 11.5 Å². The molecule has 1 atom stereocenters. The summed E-state index contributed by atoms with van der Waals surface area (Å²) >= 11 is 0. The molecule has 0 aliphatic carbocycles. The number of aryl methyl sites for hydroxylation is 1. The molecule has 0 spiro atoms. The van der Waals surface area contributed by atoms with Crippen molar-refractivity contribution in [1.29, 1.82) is 0 Å². The average molecular weight is 329 g/mol. The topological polar surface area (TPSA) is 104 Å². The summed E-state index contributed by atoms with van der Waals surface area (Å²) < 4.78 is 0. The third-order valence-electron chi connectivity index (χ3n) is 3.65. The maximum absolute atomic E-state index is 12.0. The molecule has 0 aliphatic rings. The number of carbonyl (C=O) groups excluding carboxylic acids is 1. The fourth-order valence-electron chi connectivity index (χ4n) is 2.21. The molecule has 2 amide bonds. The molecule has 0 aliphatic heterocycles. The van der Waals surface area contributed by atoms with Crippen LogP contribution in [-0.2, 0) is 5.60 Å². The van der Waals surface area contributed by atoms with Gasteiger partial charge in [-0.2, -0.15) is 0 Å². The number of nitro groups is 1. The lowest BCUT2D eigenvalue weighted by molar-refractivity contribution is -0.385. The van der Waals surface area contributed by atoms with E-state index in [0.717, 1.165) is 0 Å². The number of nitrogens with one attached hydrogen (secondary N) is 2. The summed E-state index contributed by atoms with van der Waals surface area (Å²) in [6.45, 7) is 3.22. The lowest BCUT2D eigenvalue weighted by Gasteiger charge is -2.24. The van der Waals surface area contributed by atoms with Crippen molar-refractivity contribution in [3.05, 3.63) is 69.8 Å². The van der Waals surface area contributed by atoms with Gasteiger partial charge in [-0.1, -0.05) is 36.4 Å². The summed E-state index contributed by atoms with van der Waals surface area (Å²) in [7, 11) is 0. The molecular weight excluding hydrogens is 310 g/mol. The van der Waals surface area contributed by atoms with Crippen molar-refractivity contribution in [3.63, 3.8) is 0 Å². The molecule has 2 aromatic rings. The van der Waals surface area contributed by atoms with Crippen molar-refractivity contribution in [2.75, 3.05) is 11.9 Å².